The molecule has 0 radical (unpaired) electrons. The van der Waals surface area contributed by atoms with Gasteiger partial charge in [-0.05, 0) is 55.9 Å². The van der Waals surface area contributed by atoms with E-state index in [0.29, 0.717) is 19.6 Å². The Labute approximate surface area is 224 Å². The number of amides is 1. The number of fused-ring (bicyclic) bond motifs is 1. The number of nitrogens with one attached hydrogen (secondary N) is 1. The molecule has 202 valence electrons. The minimum Gasteiger partial charge on any atom is -0.486 e. The Hall–Kier alpha value is -3.47. The normalized spacial score (nSPS) is 18.8. The molecule has 0 spiro atoms. The highest BCUT2D eigenvalue weighted by atomic mass is 32.2. The van der Waals surface area contributed by atoms with E-state index in [2.05, 4.69) is 14.6 Å². The largest absolute Gasteiger partial charge is 0.486 e. The summed E-state index contributed by atoms with van der Waals surface area (Å²) in [4.78, 5) is 21.6. The van der Waals surface area contributed by atoms with Crippen LogP contribution in [0.1, 0.15) is 29.8 Å². The van der Waals surface area contributed by atoms with Gasteiger partial charge in [0.1, 0.15) is 6.10 Å². The predicted molar refractivity (Wildman–Crippen MR) is 145 cm³/mol. The van der Waals surface area contributed by atoms with Gasteiger partial charge in [0.2, 0.25) is 0 Å². The molecule has 0 bridgehead atoms. The van der Waals surface area contributed by atoms with Crippen LogP contribution in [0.15, 0.2) is 78.0 Å². The molecule has 2 N–H and O–H groups in total. The Morgan fingerprint density at radius 2 is 1.84 bits per heavy atom. The van der Waals surface area contributed by atoms with Crippen LogP contribution >= 0.6 is 0 Å². The monoisotopic (exact) mass is 538 g/mol. The molecule has 0 fully saturated rings. The number of aliphatic hydroxyl groups is 1. The highest BCUT2D eigenvalue weighted by molar-refractivity contribution is 7.92. The first kappa shape index (κ1) is 27.6. The lowest BCUT2D eigenvalue weighted by Gasteiger charge is -2.38. The van der Waals surface area contributed by atoms with Gasteiger partial charge in [0.25, 0.3) is 15.9 Å². The number of para-hydroxylation sites is 1. The van der Waals surface area contributed by atoms with Crippen molar-refractivity contribution in [1.82, 2.24) is 14.8 Å². The number of aromatic nitrogens is 1. The Morgan fingerprint density at radius 1 is 1.13 bits per heavy atom. The van der Waals surface area contributed by atoms with Crippen molar-refractivity contribution in [3.8, 4) is 5.75 Å². The number of pyridine rings is 1. The number of rotatable bonds is 9. The SMILES string of the molecule is C[C@@H]1CN([C@H](C)CO)C(=O)c2cccc(NS(=O)(=O)c3ccccc3)c2O[C@H]1CN(C)Cc1ccncc1. The van der Waals surface area contributed by atoms with E-state index in [-0.39, 0.29) is 46.4 Å². The summed E-state index contributed by atoms with van der Waals surface area (Å²) in [7, 11) is -1.94. The van der Waals surface area contributed by atoms with Crippen molar-refractivity contribution in [2.24, 2.45) is 5.92 Å². The molecule has 1 aliphatic rings. The summed E-state index contributed by atoms with van der Waals surface area (Å²) >= 11 is 0. The molecule has 0 saturated heterocycles. The standard InChI is InChI=1S/C28H34N4O5S/c1-20-16-32(21(2)19-33)28(34)24-10-7-11-25(30-38(35,36)23-8-5-4-6-9-23)27(24)37-26(20)18-31(3)17-22-12-14-29-15-13-22/h4-15,20-21,26,30,33H,16-19H2,1-3H3/t20-,21-,26+/m1/s1. The lowest BCUT2D eigenvalue weighted by atomic mass is 9.99. The van der Waals surface area contributed by atoms with Crippen LogP contribution in [0, 0.1) is 5.92 Å². The molecular formula is C28H34N4O5S. The summed E-state index contributed by atoms with van der Waals surface area (Å²) in [5.41, 5.74) is 1.53. The third-order valence-corrected chi connectivity index (χ3v) is 8.06. The summed E-state index contributed by atoms with van der Waals surface area (Å²) in [6.07, 6.45) is 3.13. The van der Waals surface area contributed by atoms with Crippen LogP contribution in [0.25, 0.3) is 0 Å². The quantitative estimate of drug-likeness (QED) is 0.430. The molecule has 2 heterocycles. The second kappa shape index (κ2) is 11.9. The van der Waals surface area contributed by atoms with Crippen LogP contribution in [0.3, 0.4) is 0 Å². The molecule has 1 aromatic heterocycles. The van der Waals surface area contributed by atoms with Gasteiger partial charge in [-0.15, -0.1) is 0 Å². The maximum Gasteiger partial charge on any atom is 0.262 e. The Balaban J connectivity index is 1.71. The minimum absolute atomic E-state index is 0.104. The van der Waals surface area contributed by atoms with E-state index in [1.807, 2.05) is 26.1 Å². The third-order valence-electron chi connectivity index (χ3n) is 6.68. The average Bonchev–Trinajstić information content (AvgIpc) is 2.91. The van der Waals surface area contributed by atoms with Gasteiger partial charge in [-0.25, -0.2) is 8.42 Å². The maximum absolute atomic E-state index is 13.6. The summed E-state index contributed by atoms with van der Waals surface area (Å²) < 4.78 is 35.5. The van der Waals surface area contributed by atoms with Gasteiger partial charge < -0.3 is 14.7 Å². The summed E-state index contributed by atoms with van der Waals surface area (Å²) in [5, 5.41) is 9.88. The fourth-order valence-corrected chi connectivity index (χ4v) is 5.60. The fourth-order valence-electron chi connectivity index (χ4n) is 4.52. The predicted octanol–water partition coefficient (Wildman–Crippen LogP) is 3.23. The van der Waals surface area contributed by atoms with E-state index in [9.17, 15) is 18.3 Å². The smallest absolute Gasteiger partial charge is 0.262 e. The van der Waals surface area contributed by atoms with Crippen molar-refractivity contribution in [3.63, 3.8) is 0 Å². The highest BCUT2D eigenvalue weighted by Gasteiger charge is 2.35. The molecule has 4 rings (SSSR count). The van der Waals surface area contributed by atoms with Crippen molar-refractivity contribution in [1.29, 1.82) is 0 Å². The molecule has 2 aromatic carbocycles. The van der Waals surface area contributed by atoms with Crippen molar-refractivity contribution < 1.29 is 23.1 Å². The van der Waals surface area contributed by atoms with Gasteiger partial charge in [0.05, 0.1) is 28.8 Å². The second-order valence-corrected chi connectivity index (χ2v) is 11.5. The number of sulfonamides is 1. The molecule has 0 aliphatic carbocycles. The molecule has 10 heteroatoms. The molecule has 0 saturated carbocycles. The maximum atomic E-state index is 13.6. The van der Waals surface area contributed by atoms with E-state index >= 15 is 0 Å². The van der Waals surface area contributed by atoms with Crippen LogP contribution in [-0.4, -0.2) is 73.1 Å². The molecule has 9 nitrogen and oxygen atoms in total. The zero-order chi connectivity index (χ0) is 27.3. The number of hydrogen-bond donors (Lipinski definition) is 2. The average molecular weight is 539 g/mol. The molecule has 38 heavy (non-hydrogen) atoms. The van der Waals surface area contributed by atoms with Crippen LogP contribution < -0.4 is 9.46 Å². The van der Waals surface area contributed by atoms with E-state index in [1.54, 1.807) is 60.6 Å². The number of aliphatic hydroxyl groups excluding tert-OH is 1. The minimum atomic E-state index is -3.93. The van der Waals surface area contributed by atoms with Crippen LogP contribution in [0.2, 0.25) is 0 Å². The Kier molecular flexibility index (Phi) is 8.65. The van der Waals surface area contributed by atoms with E-state index in [0.717, 1.165) is 5.56 Å². The first-order chi connectivity index (χ1) is 18.2. The van der Waals surface area contributed by atoms with Crippen LogP contribution in [-0.2, 0) is 16.6 Å². The molecule has 1 aliphatic heterocycles. The van der Waals surface area contributed by atoms with Crippen molar-refractivity contribution in [3.05, 3.63) is 84.2 Å². The summed E-state index contributed by atoms with van der Waals surface area (Å²) in [6.45, 7) is 5.17. The Bertz CT molecular complexity index is 1340. The molecular weight excluding hydrogens is 504 g/mol. The number of carbonyl (C=O) groups is 1. The molecule has 3 atom stereocenters. The number of hydrogen-bond acceptors (Lipinski definition) is 7. The van der Waals surface area contributed by atoms with Crippen LogP contribution in [0.4, 0.5) is 5.69 Å². The fraction of sp³-hybridized carbons (Fsp3) is 0.357. The highest BCUT2D eigenvalue weighted by Crippen LogP contribution is 2.36. The lowest BCUT2D eigenvalue weighted by Crippen LogP contribution is -2.49. The summed E-state index contributed by atoms with van der Waals surface area (Å²) in [5.74, 6) is -0.251. The zero-order valence-corrected chi connectivity index (χ0v) is 22.6. The number of ether oxygens (including phenoxy) is 1. The first-order valence-corrected chi connectivity index (χ1v) is 14.0. The van der Waals surface area contributed by atoms with Gasteiger partial charge in [-0.3, -0.25) is 19.4 Å². The van der Waals surface area contributed by atoms with Crippen molar-refractivity contribution in [2.75, 3.05) is 31.5 Å². The van der Waals surface area contributed by atoms with E-state index < -0.39 is 16.1 Å². The number of anilines is 1. The van der Waals surface area contributed by atoms with Gasteiger partial charge in [0.15, 0.2) is 5.75 Å². The number of benzene rings is 2. The molecule has 0 unspecified atom stereocenters. The Morgan fingerprint density at radius 3 is 2.53 bits per heavy atom. The lowest BCUT2D eigenvalue weighted by molar-refractivity contribution is 0.0344. The van der Waals surface area contributed by atoms with Gasteiger partial charge in [-0.2, -0.15) is 0 Å². The van der Waals surface area contributed by atoms with Gasteiger partial charge in [-0.1, -0.05) is 31.2 Å². The zero-order valence-electron chi connectivity index (χ0n) is 21.8. The number of likely N-dealkylation sites (N-methyl/N-ethyl adjacent to an activating group) is 1. The topological polar surface area (TPSA) is 112 Å². The first-order valence-electron chi connectivity index (χ1n) is 12.6. The van der Waals surface area contributed by atoms with Crippen molar-refractivity contribution >= 4 is 21.6 Å². The van der Waals surface area contributed by atoms with E-state index in [1.165, 1.54) is 12.1 Å². The third kappa shape index (κ3) is 6.32. The van der Waals surface area contributed by atoms with E-state index in [4.69, 9.17) is 4.74 Å². The molecule has 1 amide bonds. The number of nitrogens with zero attached hydrogens (tertiary/aromatic N) is 3. The number of carbonyl (C=O) groups excluding carboxylic acids is 1. The molecule has 3 aromatic rings. The van der Waals surface area contributed by atoms with Gasteiger partial charge in [0, 0.05) is 37.9 Å². The summed E-state index contributed by atoms with van der Waals surface area (Å²) in [6, 6.07) is 16.4. The second-order valence-electron chi connectivity index (χ2n) is 9.78. The van der Waals surface area contributed by atoms with Crippen LogP contribution in [0.5, 0.6) is 5.75 Å². The van der Waals surface area contributed by atoms with Gasteiger partial charge >= 0.3 is 0 Å². The van der Waals surface area contributed by atoms with Crippen molar-refractivity contribution in [2.45, 2.75) is 37.4 Å².